The number of carboxylic acid groups (broad SMARTS) is 1. The number of carbonyl (C=O) groups is 1. The summed E-state index contributed by atoms with van der Waals surface area (Å²) in [5.74, 6) is -1.14. The van der Waals surface area contributed by atoms with E-state index in [1.54, 1.807) is 12.1 Å². The SMILES string of the molecule is CNCCCN1c2ccc(O[C@@H]3O[C@H](C(=O)O)[C@@H](O)[C@H](O)[C@H]3O)cc2Sc2ccc(Cl)cc21. The summed E-state index contributed by atoms with van der Waals surface area (Å²) in [5, 5.41) is 43.1. The number of anilines is 2. The van der Waals surface area contributed by atoms with Crippen molar-refractivity contribution in [2.24, 2.45) is 0 Å². The van der Waals surface area contributed by atoms with Crippen LogP contribution < -0.4 is 15.0 Å². The van der Waals surface area contributed by atoms with E-state index in [2.05, 4.69) is 10.2 Å². The van der Waals surface area contributed by atoms with E-state index in [1.165, 1.54) is 11.8 Å². The first-order chi connectivity index (χ1) is 15.8. The van der Waals surface area contributed by atoms with E-state index in [-0.39, 0.29) is 0 Å². The van der Waals surface area contributed by atoms with Crippen LogP contribution in [0.4, 0.5) is 11.4 Å². The smallest absolute Gasteiger partial charge is 0.335 e. The summed E-state index contributed by atoms with van der Waals surface area (Å²) in [6, 6.07) is 11.0. The lowest BCUT2D eigenvalue weighted by Gasteiger charge is -2.38. The summed E-state index contributed by atoms with van der Waals surface area (Å²) in [6.45, 7) is 1.61. The van der Waals surface area contributed by atoms with Gasteiger partial charge in [-0.05, 0) is 56.4 Å². The van der Waals surface area contributed by atoms with Crippen LogP contribution >= 0.6 is 23.4 Å². The molecule has 0 radical (unpaired) electrons. The summed E-state index contributed by atoms with van der Waals surface area (Å²) in [5.41, 5.74) is 1.97. The second-order valence-electron chi connectivity index (χ2n) is 7.81. The number of ether oxygens (including phenoxy) is 2. The molecule has 2 aromatic rings. The van der Waals surface area contributed by atoms with Crippen molar-refractivity contribution in [1.82, 2.24) is 5.32 Å². The van der Waals surface area contributed by atoms with Crippen LogP contribution in [0.3, 0.4) is 0 Å². The van der Waals surface area contributed by atoms with Crippen LogP contribution in [0, 0.1) is 0 Å². The molecule has 0 aliphatic carbocycles. The predicted octanol–water partition coefficient (Wildman–Crippen LogP) is 1.82. The van der Waals surface area contributed by atoms with Gasteiger partial charge in [-0.3, -0.25) is 0 Å². The Balaban J connectivity index is 1.60. The van der Waals surface area contributed by atoms with Crippen LogP contribution in [0.15, 0.2) is 46.2 Å². The molecular weight excluding hydrogens is 472 g/mol. The summed E-state index contributed by atoms with van der Waals surface area (Å²) >= 11 is 7.78. The molecule has 4 rings (SSSR count). The highest BCUT2D eigenvalue weighted by Gasteiger charge is 2.48. The minimum absolute atomic E-state index is 0.325. The molecule has 178 valence electrons. The van der Waals surface area contributed by atoms with Gasteiger partial charge in [0.05, 0.1) is 11.4 Å². The fraction of sp³-hybridized carbons (Fsp3) is 0.409. The maximum atomic E-state index is 11.3. The topological polar surface area (TPSA) is 132 Å². The van der Waals surface area contributed by atoms with Crippen molar-refractivity contribution in [2.45, 2.75) is 46.9 Å². The number of benzene rings is 2. The molecule has 1 saturated heterocycles. The summed E-state index contributed by atoms with van der Waals surface area (Å²) < 4.78 is 10.9. The normalized spacial score (nSPS) is 26.5. The molecule has 33 heavy (non-hydrogen) atoms. The number of hydrogen-bond acceptors (Lipinski definition) is 9. The Hall–Kier alpha value is -2.05. The number of nitrogens with one attached hydrogen (secondary N) is 1. The molecule has 0 amide bonds. The first-order valence-corrected chi connectivity index (χ1v) is 11.6. The number of carboxylic acids is 1. The average molecular weight is 497 g/mol. The first-order valence-electron chi connectivity index (χ1n) is 10.4. The van der Waals surface area contributed by atoms with E-state index in [0.717, 1.165) is 40.7 Å². The number of fused-ring (bicyclic) bond motifs is 2. The molecule has 2 aromatic carbocycles. The monoisotopic (exact) mass is 496 g/mol. The third-order valence-electron chi connectivity index (χ3n) is 5.53. The molecule has 5 atom stereocenters. The quantitative estimate of drug-likeness (QED) is 0.362. The van der Waals surface area contributed by atoms with Crippen LogP contribution in [-0.2, 0) is 9.53 Å². The Morgan fingerprint density at radius 3 is 2.64 bits per heavy atom. The Morgan fingerprint density at radius 1 is 1.12 bits per heavy atom. The van der Waals surface area contributed by atoms with Crippen molar-refractivity contribution in [2.75, 3.05) is 25.0 Å². The van der Waals surface area contributed by atoms with E-state index in [9.17, 15) is 25.2 Å². The Bertz CT molecular complexity index is 1030. The number of nitrogens with zero attached hydrogens (tertiary/aromatic N) is 1. The first kappa shape index (κ1) is 24.1. The molecule has 0 unspecified atom stereocenters. The molecule has 9 nitrogen and oxygen atoms in total. The van der Waals surface area contributed by atoms with Crippen molar-refractivity contribution in [1.29, 1.82) is 0 Å². The van der Waals surface area contributed by atoms with Crippen LogP contribution in [0.1, 0.15) is 6.42 Å². The molecule has 0 saturated carbocycles. The zero-order chi connectivity index (χ0) is 23.7. The van der Waals surface area contributed by atoms with Crippen molar-refractivity contribution in [3.8, 4) is 5.75 Å². The summed E-state index contributed by atoms with van der Waals surface area (Å²) in [7, 11) is 1.90. The third-order valence-corrected chi connectivity index (χ3v) is 6.87. The Kier molecular flexibility index (Phi) is 7.34. The van der Waals surface area contributed by atoms with Gasteiger partial charge in [-0.1, -0.05) is 23.4 Å². The molecule has 0 bridgehead atoms. The second kappa shape index (κ2) is 10.1. The Labute approximate surface area is 199 Å². The van der Waals surface area contributed by atoms with Crippen molar-refractivity contribution < 1.29 is 34.7 Å². The van der Waals surface area contributed by atoms with E-state index in [4.69, 9.17) is 21.1 Å². The van der Waals surface area contributed by atoms with Crippen LogP contribution in [0.5, 0.6) is 5.75 Å². The second-order valence-corrected chi connectivity index (χ2v) is 9.33. The Morgan fingerprint density at radius 2 is 1.91 bits per heavy atom. The van der Waals surface area contributed by atoms with Gasteiger partial charge in [0.1, 0.15) is 24.1 Å². The van der Waals surface area contributed by atoms with Crippen molar-refractivity contribution >= 4 is 40.7 Å². The van der Waals surface area contributed by atoms with E-state index >= 15 is 0 Å². The highest BCUT2D eigenvalue weighted by Crippen LogP contribution is 2.50. The fourth-order valence-electron chi connectivity index (χ4n) is 3.85. The molecule has 2 aliphatic heterocycles. The van der Waals surface area contributed by atoms with E-state index in [0.29, 0.717) is 10.8 Å². The van der Waals surface area contributed by atoms with Crippen molar-refractivity contribution in [3.63, 3.8) is 0 Å². The molecule has 5 N–H and O–H groups in total. The van der Waals surface area contributed by atoms with Crippen LogP contribution in [0.2, 0.25) is 5.02 Å². The van der Waals surface area contributed by atoms with Gasteiger partial charge in [-0.25, -0.2) is 4.79 Å². The van der Waals surface area contributed by atoms with Gasteiger partial charge in [0.15, 0.2) is 6.10 Å². The molecule has 11 heteroatoms. The maximum absolute atomic E-state index is 11.3. The highest BCUT2D eigenvalue weighted by atomic mass is 35.5. The lowest BCUT2D eigenvalue weighted by molar-refractivity contribution is -0.271. The molecule has 2 aliphatic rings. The van der Waals surface area contributed by atoms with E-state index < -0.39 is 36.7 Å². The number of aliphatic hydroxyl groups excluding tert-OH is 3. The predicted molar refractivity (Wildman–Crippen MR) is 123 cm³/mol. The highest BCUT2D eigenvalue weighted by molar-refractivity contribution is 7.99. The van der Waals surface area contributed by atoms with Gasteiger partial charge < -0.3 is 40.1 Å². The van der Waals surface area contributed by atoms with Gasteiger partial charge in [-0.15, -0.1) is 0 Å². The number of aliphatic carboxylic acids is 1. The molecule has 0 spiro atoms. The minimum atomic E-state index is -1.77. The molecule has 1 fully saturated rings. The van der Waals surface area contributed by atoms with Gasteiger partial charge >= 0.3 is 5.97 Å². The molecular formula is C22H25ClN2O7S. The number of hydrogen-bond donors (Lipinski definition) is 5. The largest absolute Gasteiger partial charge is 0.479 e. The molecule has 0 aromatic heterocycles. The zero-order valence-corrected chi connectivity index (χ0v) is 19.3. The average Bonchev–Trinajstić information content (AvgIpc) is 2.79. The van der Waals surface area contributed by atoms with Crippen molar-refractivity contribution in [3.05, 3.63) is 41.4 Å². The van der Waals surface area contributed by atoms with Gasteiger partial charge in [-0.2, -0.15) is 0 Å². The fourth-order valence-corrected chi connectivity index (χ4v) is 5.12. The minimum Gasteiger partial charge on any atom is -0.479 e. The van der Waals surface area contributed by atoms with E-state index in [1.807, 2.05) is 31.3 Å². The number of aliphatic hydroxyl groups is 3. The zero-order valence-electron chi connectivity index (χ0n) is 17.7. The van der Waals surface area contributed by atoms with Gasteiger partial charge in [0.2, 0.25) is 6.29 Å². The molecule has 2 heterocycles. The lowest BCUT2D eigenvalue weighted by Crippen LogP contribution is -2.61. The maximum Gasteiger partial charge on any atom is 0.335 e. The summed E-state index contributed by atoms with van der Waals surface area (Å²) in [6.07, 6.45) is -7.40. The van der Waals surface area contributed by atoms with Gasteiger partial charge in [0, 0.05) is 21.4 Å². The van der Waals surface area contributed by atoms with Crippen LogP contribution in [-0.4, -0.2) is 77.2 Å². The summed E-state index contributed by atoms with van der Waals surface area (Å²) in [4.78, 5) is 15.4. The number of rotatable bonds is 7. The van der Waals surface area contributed by atoms with Gasteiger partial charge in [0.25, 0.3) is 0 Å². The third kappa shape index (κ3) is 4.92. The lowest BCUT2D eigenvalue weighted by atomic mass is 9.99. The standard InChI is InChI=1S/C22H25ClN2O7S/c1-24-7-2-8-25-13-5-4-12(10-16(13)33-15-6-3-11(23)9-14(15)25)31-22-19(28)17(26)18(27)20(32-22)21(29)30/h3-6,9-10,17-20,22,24,26-28H,2,7-8H2,1H3,(H,29,30)/t17-,18-,19+,20-,22+/m0/s1. The number of halogens is 1. The van der Waals surface area contributed by atoms with Crippen LogP contribution in [0.25, 0.3) is 0 Å².